The number of ketones is 2. The highest BCUT2D eigenvalue weighted by Crippen LogP contribution is 2.45. The minimum Gasteiger partial charge on any atom is -0.341 e. The van der Waals surface area contributed by atoms with E-state index in [1.54, 1.807) is 17.0 Å². The summed E-state index contributed by atoms with van der Waals surface area (Å²) in [6, 6.07) is -0.260. The molecular weight excluding hydrogens is 526 g/mol. The van der Waals surface area contributed by atoms with Crippen molar-refractivity contribution >= 4 is 35.4 Å². The second-order valence-corrected chi connectivity index (χ2v) is 12.4. The number of amides is 2. The summed E-state index contributed by atoms with van der Waals surface area (Å²) >= 11 is 0. The van der Waals surface area contributed by atoms with Gasteiger partial charge in [0, 0.05) is 66.0 Å². The summed E-state index contributed by atoms with van der Waals surface area (Å²) < 4.78 is 0. The number of urea groups is 1. The van der Waals surface area contributed by atoms with Crippen LogP contribution in [0.5, 0.6) is 0 Å². The van der Waals surface area contributed by atoms with Gasteiger partial charge in [0.15, 0.2) is 11.4 Å². The highest BCUT2D eigenvalue weighted by molar-refractivity contribution is 6.14. The van der Waals surface area contributed by atoms with Crippen LogP contribution in [0.4, 0.5) is 22.6 Å². The first-order valence-corrected chi connectivity index (χ1v) is 15.3. The highest BCUT2D eigenvalue weighted by atomic mass is 16.7. The molecule has 0 N–H and O–H groups in total. The molecule has 0 aromatic carbocycles. The lowest BCUT2D eigenvalue weighted by Crippen LogP contribution is -2.66. The van der Waals surface area contributed by atoms with Crippen molar-refractivity contribution in [3.05, 3.63) is 0 Å². The van der Waals surface area contributed by atoms with Crippen LogP contribution in [0.3, 0.4) is 0 Å². The number of fused-ring (bicyclic) bond motifs is 1. The topological polar surface area (TPSA) is 119 Å². The van der Waals surface area contributed by atoms with E-state index in [0.717, 1.165) is 63.8 Å². The van der Waals surface area contributed by atoms with Crippen molar-refractivity contribution in [1.82, 2.24) is 29.8 Å². The van der Waals surface area contributed by atoms with Crippen molar-refractivity contribution in [2.24, 2.45) is 11.8 Å². The molecule has 5 fully saturated rings. The van der Waals surface area contributed by atoms with Gasteiger partial charge in [0.2, 0.25) is 17.8 Å². The maximum Gasteiger partial charge on any atom is 0.321 e. The van der Waals surface area contributed by atoms with E-state index >= 15 is 0 Å². The number of carbonyl (C=O) groups excluding carboxylic acids is 3. The zero-order valence-electron chi connectivity index (χ0n) is 24.6. The van der Waals surface area contributed by atoms with Gasteiger partial charge in [-0.25, -0.2) is 4.79 Å². The van der Waals surface area contributed by atoms with Crippen molar-refractivity contribution in [3.63, 3.8) is 0 Å². The van der Waals surface area contributed by atoms with E-state index in [0.29, 0.717) is 51.7 Å². The summed E-state index contributed by atoms with van der Waals surface area (Å²) in [7, 11) is 1.64. The number of hydrogen-bond donors (Lipinski definition) is 0. The normalized spacial score (nSPS) is 27.1. The van der Waals surface area contributed by atoms with Crippen LogP contribution < -0.4 is 14.7 Å². The second-order valence-electron chi connectivity index (χ2n) is 12.4. The molecule has 5 aliphatic rings. The van der Waals surface area contributed by atoms with Gasteiger partial charge >= 0.3 is 6.03 Å². The van der Waals surface area contributed by atoms with E-state index in [1.165, 1.54) is 4.90 Å². The summed E-state index contributed by atoms with van der Waals surface area (Å²) in [5.41, 5.74) is -1.37. The third-order valence-electron chi connectivity index (χ3n) is 9.19. The van der Waals surface area contributed by atoms with Gasteiger partial charge in [0.05, 0.1) is 18.9 Å². The molecule has 4 saturated heterocycles. The van der Waals surface area contributed by atoms with Crippen molar-refractivity contribution in [2.75, 3.05) is 87.3 Å². The van der Waals surface area contributed by atoms with Crippen LogP contribution in [0.25, 0.3) is 0 Å². The molecule has 2 amide bonds. The Morgan fingerprint density at radius 1 is 0.854 bits per heavy atom. The standard InChI is InChI=1S/C28H43N9O4/c1-20(2)19-41-37-13-8-21-22(38)18-23(39)28(21,37)32(3)27(40)36-16-14-35(15-17-36)26-30-24(33-9-4-5-10-33)29-25(31-26)34-11-6-7-12-34/h20-21H,4-19H2,1-3H3. The molecule has 0 radical (unpaired) electrons. The number of rotatable bonds is 7. The van der Waals surface area contributed by atoms with Gasteiger partial charge < -0.3 is 19.6 Å². The van der Waals surface area contributed by atoms with Gasteiger partial charge in [0.1, 0.15) is 5.78 Å². The molecule has 13 heteroatoms. The minimum atomic E-state index is -1.37. The van der Waals surface area contributed by atoms with Gasteiger partial charge in [-0.2, -0.15) is 20.0 Å². The third kappa shape index (κ3) is 5.00. The first-order valence-electron chi connectivity index (χ1n) is 15.3. The summed E-state index contributed by atoms with van der Waals surface area (Å²) in [5, 5.41) is 1.61. The molecule has 0 spiro atoms. The van der Waals surface area contributed by atoms with Gasteiger partial charge in [-0.1, -0.05) is 13.8 Å². The second kappa shape index (κ2) is 11.3. The first kappa shape index (κ1) is 28.1. The van der Waals surface area contributed by atoms with Crippen molar-refractivity contribution in [2.45, 2.75) is 58.0 Å². The summed E-state index contributed by atoms with van der Waals surface area (Å²) in [4.78, 5) is 70.6. The Kier molecular flexibility index (Phi) is 7.75. The number of piperazine rings is 1. The molecule has 1 aromatic heterocycles. The molecule has 2 atom stereocenters. The zero-order valence-corrected chi connectivity index (χ0v) is 24.6. The molecule has 1 aliphatic carbocycles. The molecule has 13 nitrogen and oxygen atoms in total. The minimum absolute atomic E-state index is 0.104. The molecule has 1 saturated carbocycles. The third-order valence-corrected chi connectivity index (χ3v) is 9.19. The van der Waals surface area contributed by atoms with Gasteiger partial charge in [-0.05, 0) is 38.0 Å². The van der Waals surface area contributed by atoms with Crippen molar-refractivity contribution in [1.29, 1.82) is 0 Å². The van der Waals surface area contributed by atoms with Crippen LogP contribution >= 0.6 is 0 Å². The number of likely N-dealkylation sites (N-methyl/N-ethyl adjacent to an activating group) is 1. The molecular formula is C28H43N9O4. The van der Waals surface area contributed by atoms with E-state index in [1.807, 2.05) is 13.8 Å². The van der Waals surface area contributed by atoms with Crippen LogP contribution in [0.1, 0.15) is 52.4 Å². The average Bonchev–Trinajstić information content (AvgIpc) is 3.78. The fourth-order valence-corrected chi connectivity index (χ4v) is 6.97. The van der Waals surface area contributed by atoms with Crippen LogP contribution in [0, 0.1) is 11.8 Å². The number of nitrogens with zero attached hydrogens (tertiary/aromatic N) is 9. The summed E-state index contributed by atoms with van der Waals surface area (Å²) in [6.07, 6.45) is 4.92. The number of Topliss-reactive ketones (excluding diaryl/α,β-unsaturated/α-hetero) is 2. The van der Waals surface area contributed by atoms with Crippen molar-refractivity contribution < 1.29 is 19.2 Å². The maximum atomic E-state index is 13.9. The number of hydrogen-bond acceptors (Lipinski definition) is 11. The summed E-state index contributed by atoms with van der Waals surface area (Å²) in [5.74, 6) is 1.47. The van der Waals surface area contributed by atoms with Gasteiger partial charge in [-0.15, -0.1) is 0 Å². The Morgan fingerprint density at radius 2 is 1.37 bits per heavy atom. The summed E-state index contributed by atoms with van der Waals surface area (Å²) in [6.45, 7) is 10.8. The number of aromatic nitrogens is 3. The monoisotopic (exact) mass is 569 g/mol. The zero-order chi connectivity index (χ0) is 28.7. The number of hydroxylamine groups is 2. The Balaban J connectivity index is 1.18. The van der Waals surface area contributed by atoms with E-state index < -0.39 is 11.6 Å². The predicted molar refractivity (Wildman–Crippen MR) is 153 cm³/mol. The lowest BCUT2D eigenvalue weighted by Gasteiger charge is -2.45. The van der Waals surface area contributed by atoms with Gasteiger partial charge in [-0.3, -0.25) is 19.3 Å². The van der Waals surface area contributed by atoms with Crippen LogP contribution in [-0.2, 0) is 14.4 Å². The molecule has 4 aliphatic heterocycles. The molecule has 0 bridgehead atoms. The van der Waals surface area contributed by atoms with E-state index in [2.05, 4.69) is 14.7 Å². The largest absolute Gasteiger partial charge is 0.341 e. The Bertz CT molecular complexity index is 1130. The molecule has 41 heavy (non-hydrogen) atoms. The van der Waals surface area contributed by atoms with Crippen LogP contribution in [0.2, 0.25) is 0 Å². The highest BCUT2D eigenvalue weighted by Gasteiger charge is 2.66. The molecule has 5 heterocycles. The van der Waals surface area contributed by atoms with E-state index in [9.17, 15) is 14.4 Å². The first-order chi connectivity index (χ1) is 19.8. The lowest BCUT2D eigenvalue weighted by molar-refractivity contribution is -0.237. The van der Waals surface area contributed by atoms with Crippen molar-refractivity contribution in [3.8, 4) is 0 Å². The fourth-order valence-electron chi connectivity index (χ4n) is 6.97. The number of anilines is 3. The quantitative estimate of drug-likeness (QED) is 0.443. The Morgan fingerprint density at radius 3 is 1.88 bits per heavy atom. The average molecular weight is 570 g/mol. The predicted octanol–water partition coefficient (Wildman–Crippen LogP) is 1.39. The lowest BCUT2D eigenvalue weighted by atomic mass is 9.95. The smallest absolute Gasteiger partial charge is 0.321 e. The van der Waals surface area contributed by atoms with Gasteiger partial charge in [0.25, 0.3) is 0 Å². The Labute approximate surface area is 241 Å². The maximum absolute atomic E-state index is 13.9. The van der Waals surface area contributed by atoms with Crippen LogP contribution in [0.15, 0.2) is 0 Å². The fraction of sp³-hybridized carbons (Fsp3) is 0.786. The van der Waals surface area contributed by atoms with E-state index in [-0.39, 0.29) is 29.9 Å². The number of carbonyl (C=O) groups is 3. The Hall–Kier alpha value is -3.06. The van der Waals surface area contributed by atoms with E-state index in [4.69, 9.17) is 19.8 Å². The van der Waals surface area contributed by atoms with Crippen LogP contribution in [-0.4, -0.2) is 126 Å². The molecule has 6 rings (SSSR count). The molecule has 1 aromatic rings. The molecule has 224 valence electrons. The SMILES string of the molecule is CC(C)CON1CCC2C(=O)CC(=O)C21N(C)C(=O)N1CCN(c2nc(N3CCCC3)nc(N3CCCC3)n2)CC1. The molecule has 2 unspecified atom stereocenters.